The summed E-state index contributed by atoms with van der Waals surface area (Å²) in [6.07, 6.45) is -3.39. The molecule has 0 amide bonds. The molecule has 7 aromatic rings. The van der Waals surface area contributed by atoms with Gasteiger partial charge in [0.25, 0.3) is 0 Å². The van der Waals surface area contributed by atoms with Crippen LogP contribution in [0.3, 0.4) is 0 Å². The lowest BCUT2D eigenvalue weighted by Gasteiger charge is -2.36. The van der Waals surface area contributed by atoms with Crippen molar-refractivity contribution in [2.45, 2.75) is 562 Å². The van der Waals surface area contributed by atoms with Crippen LogP contribution in [0.4, 0.5) is 26.3 Å². The first-order valence-corrected chi connectivity index (χ1v) is 53.9. The SMILES string of the molecule is CC(C)(C)Cc1cccc(CC(C)(C)C)c1C(C)(C)C.CC(C)(C)c1c(CC(C)(C)C(F)(F)F)cccc1CC(C)(C)C(F)(F)F.CC(C)(C)c1cccc(C(C)(C)C)c1C(C)(C)C.CC(C)Cc1cccc(CC(C)C)c1C(C)(C)C.CC(C)c1cc(C(C)C)c(C(C)(C)C)c(C(C)C)c1.CC(C)c1cccc(C(C)C)c1C(C)(C)C.CCC(C)(C)C.[2H]C(C)(C)c1cccc(C(C)(C)C)c1C(C)(C)C. The van der Waals surface area contributed by atoms with Gasteiger partial charge in [0.1, 0.15) is 0 Å². The maximum absolute atomic E-state index is 13.3. The molecule has 0 atom stereocenters. The van der Waals surface area contributed by atoms with Gasteiger partial charge in [0.2, 0.25) is 0 Å². The van der Waals surface area contributed by atoms with Crippen molar-refractivity contribution in [1.29, 1.82) is 0 Å². The molecule has 6 heteroatoms. The van der Waals surface area contributed by atoms with Crippen molar-refractivity contribution < 1.29 is 27.7 Å². The van der Waals surface area contributed by atoms with Gasteiger partial charge in [-0.25, -0.2) is 0 Å². The summed E-state index contributed by atoms with van der Waals surface area (Å²) in [5.74, 6) is 3.88. The van der Waals surface area contributed by atoms with E-state index in [-0.39, 0.29) is 61.6 Å². The molecule has 140 heavy (non-hydrogen) atoms. The van der Waals surface area contributed by atoms with Crippen LogP contribution in [-0.2, 0) is 92.7 Å². The third kappa shape index (κ3) is 44.0. The Hall–Kier alpha value is -5.88. The van der Waals surface area contributed by atoms with Crippen molar-refractivity contribution in [2.24, 2.45) is 38.9 Å². The van der Waals surface area contributed by atoms with Crippen molar-refractivity contribution in [3.63, 3.8) is 0 Å². The monoisotopic (exact) mass is 1950 g/mol. The molecule has 0 spiro atoms. The number of halogens is 6. The summed E-state index contributed by atoms with van der Waals surface area (Å²) < 4.78 is 88.4. The Balaban J connectivity index is 0.00000161. The summed E-state index contributed by atoms with van der Waals surface area (Å²) >= 11 is 0. The number of hydrogen-bond donors (Lipinski definition) is 0. The van der Waals surface area contributed by atoms with Crippen LogP contribution in [0, 0.1) is 38.9 Å². The Morgan fingerprint density at radius 1 is 0.221 bits per heavy atom. The second-order valence-electron chi connectivity index (χ2n) is 59.2. The van der Waals surface area contributed by atoms with E-state index in [1.165, 1.54) is 74.9 Å². The van der Waals surface area contributed by atoms with Crippen molar-refractivity contribution in [3.05, 3.63) is 244 Å². The molecule has 0 N–H and O–H groups in total. The fraction of sp³-hybridized carbons (Fsp3) is 0.687. The average molecular weight is 1950 g/mol. The first-order valence-electron chi connectivity index (χ1n) is 54.4. The second-order valence-corrected chi connectivity index (χ2v) is 59.2. The van der Waals surface area contributed by atoms with Gasteiger partial charge in [-0.1, -0.05) is 543 Å². The van der Waals surface area contributed by atoms with Crippen molar-refractivity contribution in [3.8, 4) is 0 Å². The van der Waals surface area contributed by atoms with Gasteiger partial charge in [-0.05, 0) is 279 Å². The van der Waals surface area contributed by atoms with E-state index in [9.17, 15) is 26.3 Å². The van der Waals surface area contributed by atoms with Crippen LogP contribution in [0.1, 0.15) is 581 Å². The zero-order valence-electron chi connectivity index (χ0n) is 104. The molecule has 0 saturated heterocycles. The van der Waals surface area contributed by atoms with Crippen molar-refractivity contribution in [2.75, 3.05) is 0 Å². The molecule has 0 aliphatic rings. The smallest absolute Gasteiger partial charge is 0.171 e. The molecule has 0 bridgehead atoms. The molecule has 0 nitrogen and oxygen atoms in total. The van der Waals surface area contributed by atoms with E-state index in [2.05, 4.69) is 456 Å². The molecule has 0 radical (unpaired) electrons. The number of hydrogen-bond acceptors (Lipinski definition) is 0. The van der Waals surface area contributed by atoms with Crippen LogP contribution < -0.4 is 0 Å². The van der Waals surface area contributed by atoms with E-state index in [0.29, 0.717) is 62.5 Å². The summed E-state index contributed by atoms with van der Waals surface area (Å²) in [4.78, 5) is 0. The van der Waals surface area contributed by atoms with Gasteiger partial charge in [0.15, 0.2) is 0 Å². The Morgan fingerprint density at radius 3 is 0.636 bits per heavy atom. The second kappa shape index (κ2) is 51.2. The van der Waals surface area contributed by atoms with E-state index < -0.39 is 34.5 Å². The van der Waals surface area contributed by atoms with Gasteiger partial charge in [-0.3, -0.25) is 0 Å². The maximum Gasteiger partial charge on any atom is 0.394 e. The third-order valence-corrected chi connectivity index (χ3v) is 26.1. The largest absolute Gasteiger partial charge is 0.394 e. The van der Waals surface area contributed by atoms with Crippen LogP contribution in [0.15, 0.2) is 121 Å². The minimum atomic E-state index is -4.40. The molecular formula is C134H222F6. The Bertz CT molecular complexity index is 4600. The quantitative estimate of drug-likeness (QED) is 0.0846. The lowest BCUT2D eigenvalue weighted by atomic mass is 9.69. The first kappa shape index (κ1) is 132. The van der Waals surface area contributed by atoms with E-state index >= 15 is 0 Å². The van der Waals surface area contributed by atoms with Gasteiger partial charge in [-0.15, -0.1) is 0 Å². The van der Waals surface area contributed by atoms with Crippen LogP contribution in [0.2, 0.25) is 0 Å². The summed E-state index contributed by atoms with van der Waals surface area (Å²) in [5.41, 5.74) is 28.3. The molecular weight excluding hydrogens is 1720 g/mol. The third-order valence-electron chi connectivity index (χ3n) is 26.1. The highest BCUT2D eigenvalue weighted by Crippen LogP contribution is 2.49. The topological polar surface area (TPSA) is 0 Å². The van der Waals surface area contributed by atoms with Crippen molar-refractivity contribution in [1.82, 2.24) is 0 Å². The molecule has 0 aliphatic heterocycles. The molecule has 0 saturated carbocycles. The number of rotatable bonds is 16. The van der Waals surface area contributed by atoms with Crippen LogP contribution in [0.5, 0.6) is 0 Å². The lowest BCUT2D eigenvalue weighted by Crippen LogP contribution is -2.36. The maximum atomic E-state index is 13.3. The van der Waals surface area contributed by atoms with Gasteiger partial charge < -0.3 is 0 Å². The minimum Gasteiger partial charge on any atom is -0.171 e. The standard InChI is InChI=1S/C20H28F6.C20H34.C19H32.2C18H30.C17H28.C16H26.C6H14/c1-16(2,3)15-13(11-17(4,5)19(21,22)23)9-8-10-14(15)12-18(6,7)20(24,25)26;1-18(2,3)13-15-11-10-12-16(14-19(4,5)6)17(15)20(7,8)9;1-12(2)15-10-16(13(3)4)18(19(7,8)9)17(11-15)14(5)6;1-16(2,3)13-11-10-12-14(17(4,5)6)15(13)18(7,8)9;1-13(2)11-15-9-8-10-16(12-14(3)4)17(15)18(5,6)7;1-12(2)13-10-9-11-14(16(3,4)5)15(13)17(6,7)8;1-11(2)13-9-8-10-14(12(3)4)15(13)16(5,6)7;1-5-6(2,3)4/h8-10H,11-12H2,1-7H3;10-12H,13-14H2,1-9H3;10-14H,1-9H3;10-12H,1-9H3;8-10,13-14H,11-12H2,1-7H3;9-12H,1-8H3;8-12H,1-7H3;5H2,1-4H3/i;;;;;12D;;. The van der Waals surface area contributed by atoms with Crippen LogP contribution in [0.25, 0.3) is 0 Å². The summed E-state index contributed by atoms with van der Waals surface area (Å²) in [6, 6.07) is 43.5. The molecule has 0 heterocycles. The molecule has 7 aromatic carbocycles. The molecule has 7 rings (SSSR count). The first-order chi connectivity index (χ1) is 62.4. The highest BCUT2D eigenvalue weighted by Gasteiger charge is 2.50. The van der Waals surface area contributed by atoms with Gasteiger partial charge in [0.05, 0.1) is 10.8 Å². The highest BCUT2D eigenvalue weighted by molar-refractivity contribution is 5.51. The summed E-state index contributed by atoms with van der Waals surface area (Å²) in [5, 5.41) is 0. The normalized spacial score (nSPS) is 13.5. The zero-order chi connectivity index (χ0) is 112. The van der Waals surface area contributed by atoms with Crippen LogP contribution >= 0.6 is 0 Å². The van der Waals surface area contributed by atoms with Gasteiger partial charge in [0, 0.05) is 1.37 Å². The van der Waals surface area contributed by atoms with Gasteiger partial charge >= 0.3 is 12.4 Å². The van der Waals surface area contributed by atoms with Crippen molar-refractivity contribution >= 4 is 0 Å². The Labute approximate surface area is 867 Å². The lowest BCUT2D eigenvalue weighted by molar-refractivity contribution is -0.211. The molecule has 0 unspecified atom stereocenters. The zero-order valence-corrected chi connectivity index (χ0v) is 103. The predicted octanol–water partition coefficient (Wildman–Crippen LogP) is 43.8. The molecule has 800 valence electrons. The fourth-order valence-corrected chi connectivity index (χ4v) is 19.2. The van der Waals surface area contributed by atoms with E-state index in [1.807, 2.05) is 34.6 Å². The summed E-state index contributed by atoms with van der Waals surface area (Å²) in [7, 11) is 0. The molecule has 0 fully saturated rings. The Kier molecular flexibility index (Phi) is 48.3. The summed E-state index contributed by atoms with van der Waals surface area (Å²) in [6.45, 7) is 131. The Morgan fingerprint density at radius 2 is 0.429 bits per heavy atom. The average Bonchev–Trinajstić information content (AvgIpc) is 0.765. The van der Waals surface area contributed by atoms with E-state index in [4.69, 9.17) is 1.37 Å². The molecule has 0 aromatic heterocycles. The molecule has 0 aliphatic carbocycles. The number of benzene rings is 7. The highest BCUT2D eigenvalue weighted by atomic mass is 19.4. The van der Waals surface area contributed by atoms with E-state index in [1.54, 1.807) is 62.7 Å². The predicted molar refractivity (Wildman–Crippen MR) is 617 cm³/mol. The van der Waals surface area contributed by atoms with E-state index in [0.717, 1.165) is 57.9 Å². The minimum absolute atomic E-state index is 0.0670. The van der Waals surface area contributed by atoms with Gasteiger partial charge in [-0.2, -0.15) is 26.3 Å². The van der Waals surface area contributed by atoms with Crippen LogP contribution in [-0.4, -0.2) is 12.4 Å². The fourth-order valence-electron chi connectivity index (χ4n) is 19.2. The number of alkyl halides is 6.